The second-order valence-corrected chi connectivity index (χ2v) is 7.19. The quantitative estimate of drug-likeness (QED) is 0.791. The molecule has 1 heterocycles. The number of aliphatic hydroxyl groups excluding tert-OH is 1. The molecular weight excluding hydrogens is 260 g/mol. The van der Waals surface area contributed by atoms with Gasteiger partial charge in [-0.3, -0.25) is 4.90 Å². The van der Waals surface area contributed by atoms with Crippen molar-refractivity contribution in [1.82, 2.24) is 10.2 Å². The van der Waals surface area contributed by atoms with E-state index in [4.69, 9.17) is 0 Å². The first kappa shape index (κ1) is 17.2. The number of likely N-dealkylation sites (tertiary alicyclic amines) is 1. The highest BCUT2D eigenvalue weighted by Gasteiger charge is 2.32. The Hall–Kier alpha value is -0.120. The summed E-state index contributed by atoms with van der Waals surface area (Å²) in [5.74, 6) is 1.69. The normalized spacial score (nSPS) is 35.6. The number of aliphatic hydroxyl groups is 1. The average molecular weight is 296 g/mol. The SMILES string of the molecule is CCNC1CCC(CC)CC1CN1CCCCCC1CO. The summed E-state index contributed by atoms with van der Waals surface area (Å²) >= 11 is 0. The van der Waals surface area contributed by atoms with Crippen molar-refractivity contribution in [3.8, 4) is 0 Å². The molecule has 0 aromatic carbocycles. The molecule has 4 atom stereocenters. The molecule has 2 rings (SSSR count). The van der Waals surface area contributed by atoms with Crippen LogP contribution in [0.1, 0.15) is 65.2 Å². The van der Waals surface area contributed by atoms with Crippen LogP contribution >= 0.6 is 0 Å². The molecule has 21 heavy (non-hydrogen) atoms. The third-order valence-electron chi connectivity index (χ3n) is 5.81. The van der Waals surface area contributed by atoms with Crippen LogP contribution in [-0.2, 0) is 0 Å². The summed E-state index contributed by atoms with van der Waals surface area (Å²) in [6, 6.07) is 1.11. The highest BCUT2D eigenvalue weighted by Crippen LogP contribution is 2.33. The topological polar surface area (TPSA) is 35.5 Å². The zero-order valence-electron chi connectivity index (χ0n) is 14.2. The summed E-state index contributed by atoms with van der Waals surface area (Å²) in [5, 5.41) is 13.5. The van der Waals surface area contributed by atoms with Gasteiger partial charge in [-0.1, -0.05) is 33.1 Å². The van der Waals surface area contributed by atoms with Crippen molar-refractivity contribution >= 4 is 0 Å². The number of hydrogen-bond donors (Lipinski definition) is 2. The second kappa shape index (κ2) is 9.12. The summed E-state index contributed by atoms with van der Waals surface area (Å²) in [5.41, 5.74) is 0. The van der Waals surface area contributed by atoms with Gasteiger partial charge in [0.1, 0.15) is 0 Å². The van der Waals surface area contributed by atoms with Crippen LogP contribution in [0.25, 0.3) is 0 Å². The van der Waals surface area contributed by atoms with Crippen LogP contribution in [0.4, 0.5) is 0 Å². The van der Waals surface area contributed by atoms with Crippen molar-refractivity contribution in [3.63, 3.8) is 0 Å². The predicted molar refractivity (Wildman–Crippen MR) is 89.5 cm³/mol. The van der Waals surface area contributed by atoms with Crippen LogP contribution in [0, 0.1) is 11.8 Å². The van der Waals surface area contributed by atoms with Crippen molar-refractivity contribution in [2.24, 2.45) is 11.8 Å². The van der Waals surface area contributed by atoms with E-state index in [1.165, 1.54) is 64.5 Å². The minimum Gasteiger partial charge on any atom is -0.395 e. The van der Waals surface area contributed by atoms with Gasteiger partial charge in [0, 0.05) is 18.6 Å². The first-order valence-electron chi connectivity index (χ1n) is 9.36. The highest BCUT2D eigenvalue weighted by molar-refractivity contribution is 4.88. The number of hydrogen-bond acceptors (Lipinski definition) is 3. The summed E-state index contributed by atoms with van der Waals surface area (Å²) in [6.45, 7) is 8.39. The molecule has 0 aromatic heterocycles. The lowest BCUT2D eigenvalue weighted by Gasteiger charge is -2.40. The van der Waals surface area contributed by atoms with Gasteiger partial charge in [0.25, 0.3) is 0 Å². The number of nitrogens with zero attached hydrogens (tertiary/aromatic N) is 1. The van der Waals surface area contributed by atoms with E-state index >= 15 is 0 Å². The van der Waals surface area contributed by atoms with Crippen LogP contribution in [0.2, 0.25) is 0 Å². The van der Waals surface area contributed by atoms with E-state index in [-0.39, 0.29) is 0 Å². The Bertz CT molecular complexity index is 284. The molecule has 2 fully saturated rings. The maximum absolute atomic E-state index is 9.73. The van der Waals surface area contributed by atoms with Gasteiger partial charge in [-0.15, -0.1) is 0 Å². The fraction of sp³-hybridized carbons (Fsp3) is 1.00. The molecule has 1 aliphatic carbocycles. The standard InChI is InChI=1S/C18H36N2O/c1-3-15-9-10-18(19-4-2)16(12-15)13-20-11-7-5-6-8-17(20)14-21/h15-19,21H,3-14H2,1-2H3. The van der Waals surface area contributed by atoms with Gasteiger partial charge in [-0.25, -0.2) is 0 Å². The maximum Gasteiger partial charge on any atom is 0.0586 e. The van der Waals surface area contributed by atoms with Crippen LogP contribution in [-0.4, -0.2) is 48.3 Å². The fourth-order valence-corrected chi connectivity index (χ4v) is 4.45. The van der Waals surface area contributed by atoms with Gasteiger partial charge >= 0.3 is 0 Å². The predicted octanol–water partition coefficient (Wildman–Crippen LogP) is 3.03. The van der Waals surface area contributed by atoms with E-state index < -0.39 is 0 Å². The van der Waals surface area contributed by atoms with Crippen molar-refractivity contribution in [3.05, 3.63) is 0 Å². The molecule has 3 nitrogen and oxygen atoms in total. The monoisotopic (exact) mass is 296 g/mol. The molecule has 2 aliphatic rings. The first-order chi connectivity index (χ1) is 10.3. The average Bonchev–Trinajstić information content (AvgIpc) is 2.74. The molecule has 0 radical (unpaired) electrons. The minimum absolute atomic E-state index is 0.343. The van der Waals surface area contributed by atoms with Crippen LogP contribution in [0.3, 0.4) is 0 Å². The van der Waals surface area contributed by atoms with Crippen molar-refractivity contribution < 1.29 is 5.11 Å². The molecule has 0 bridgehead atoms. The molecule has 4 unspecified atom stereocenters. The van der Waals surface area contributed by atoms with Gasteiger partial charge in [0.15, 0.2) is 0 Å². The Kier molecular flexibility index (Phi) is 7.48. The largest absolute Gasteiger partial charge is 0.395 e. The van der Waals surface area contributed by atoms with E-state index in [0.717, 1.165) is 18.4 Å². The molecule has 3 heteroatoms. The summed E-state index contributed by atoms with van der Waals surface area (Å²) in [7, 11) is 0. The molecule has 2 N–H and O–H groups in total. The minimum atomic E-state index is 0.343. The first-order valence-corrected chi connectivity index (χ1v) is 9.36. The smallest absolute Gasteiger partial charge is 0.0586 e. The fourth-order valence-electron chi connectivity index (χ4n) is 4.45. The zero-order valence-corrected chi connectivity index (χ0v) is 14.2. The van der Waals surface area contributed by atoms with E-state index in [1.807, 2.05) is 0 Å². The Morgan fingerprint density at radius 3 is 2.67 bits per heavy atom. The Morgan fingerprint density at radius 1 is 1.10 bits per heavy atom. The van der Waals surface area contributed by atoms with E-state index in [9.17, 15) is 5.11 Å². The summed E-state index contributed by atoms with van der Waals surface area (Å²) < 4.78 is 0. The van der Waals surface area contributed by atoms with E-state index in [2.05, 4.69) is 24.1 Å². The summed E-state index contributed by atoms with van der Waals surface area (Å²) in [6.07, 6.45) is 10.6. The molecule has 0 aromatic rings. The molecule has 124 valence electrons. The Balaban J connectivity index is 1.97. The molecule has 1 aliphatic heterocycles. The molecule has 1 saturated heterocycles. The molecular formula is C18H36N2O. The highest BCUT2D eigenvalue weighted by atomic mass is 16.3. The van der Waals surface area contributed by atoms with Gasteiger partial charge in [-0.05, 0) is 57.0 Å². The van der Waals surface area contributed by atoms with Gasteiger partial charge in [0.05, 0.1) is 6.61 Å². The molecule has 1 saturated carbocycles. The van der Waals surface area contributed by atoms with Crippen LogP contribution in [0.15, 0.2) is 0 Å². The van der Waals surface area contributed by atoms with Crippen molar-refractivity contribution in [1.29, 1.82) is 0 Å². The number of nitrogens with one attached hydrogen (secondary N) is 1. The third-order valence-corrected chi connectivity index (χ3v) is 5.81. The molecule has 0 spiro atoms. The van der Waals surface area contributed by atoms with Crippen molar-refractivity contribution in [2.45, 2.75) is 77.3 Å². The summed E-state index contributed by atoms with van der Waals surface area (Å²) in [4.78, 5) is 2.61. The van der Waals surface area contributed by atoms with Crippen LogP contribution < -0.4 is 5.32 Å². The lowest BCUT2D eigenvalue weighted by atomic mass is 9.76. The van der Waals surface area contributed by atoms with E-state index in [1.54, 1.807) is 0 Å². The second-order valence-electron chi connectivity index (χ2n) is 7.19. The van der Waals surface area contributed by atoms with Gasteiger partial charge < -0.3 is 10.4 Å². The van der Waals surface area contributed by atoms with Gasteiger partial charge in [0.2, 0.25) is 0 Å². The van der Waals surface area contributed by atoms with Crippen molar-refractivity contribution in [2.75, 3.05) is 26.2 Å². The van der Waals surface area contributed by atoms with E-state index in [0.29, 0.717) is 18.7 Å². The lowest BCUT2D eigenvalue weighted by molar-refractivity contribution is 0.0795. The molecule has 0 amide bonds. The third kappa shape index (κ3) is 4.94. The maximum atomic E-state index is 9.73. The Morgan fingerprint density at radius 2 is 1.95 bits per heavy atom. The van der Waals surface area contributed by atoms with Gasteiger partial charge in [-0.2, -0.15) is 0 Å². The Labute approximate surface area is 131 Å². The number of rotatable bonds is 6. The van der Waals surface area contributed by atoms with Crippen LogP contribution in [0.5, 0.6) is 0 Å². The lowest BCUT2D eigenvalue weighted by Crippen LogP contribution is -2.48. The zero-order chi connectivity index (χ0) is 15.1.